The van der Waals surface area contributed by atoms with E-state index in [1.165, 1.54) is 12.0 Å². The molecule has 0 radical (unpaired) electrons. The quantitative estimate of drug-likeness (QED) is 0.784. The Balaban J connectivity index is 2.74. The first-order chi connectivity index (χ1) is 9.01. The van der Waals surface area contributed by atoms with Crippen molar-refractivity contribution in [3.05, 3.63) is 30.1 Å². The average Bonchev–Trinajstić information content (AvgIpc) is 2.43. The van der Waals surface area contributed by atoms with E-state index in [0.717, 1.165) is 25.4 Å². The lowest BCUT2D eigenvalue weighted by atomic mass is 9.89. The number of likely N-dealkylation sites (N-methyl/N-ethyl adjacent to an activating group) is 1. The Kier molecular flexibility index (Phi) is 6.46. The number of nitrogens with two attached hydrogens (primary N) is 1. The second kappa shape index (κ2) is 7.61. The summed E-state index contributed by atoms with van der Waals surface area (Å²) in [5, 5.41) is 0. The number of aromatic nitrogens is 1. The van der Waals surface area contributed by atoms with Crippen LogP contribution in [0.15, 0.2) is 24.5 Å². The lowest BCUT2D eigenvalue weighted by Crippen LogP contribution is -2.51. The molecule has 0 bridgehead atoms. The fourth-order valence-corrected chi connectivity index (χ4v) is 2.38. The zero-order valence-corrected chi connectivity index (χ0v) is 12.9. The van der Waals surface area contributed by atoms with E-state index in [9.17, 15) is 0 Å². The molecule has 2 N–H and O–H groups in total. The van der Waals surface area contributed by atoms with Crippen LogP contribution in [0.5, 0.6) is 0 Å². The molecule has 1 aromatic heterocycles. The molecule has 1 heterocycles. The van der Waals surface area contributed by atoms with Gasteiger partial charge in [0.05, 0.1) is 0 Å². The third-order valence-electron chi connectivity index (χ3n) is 3.97. The van der Waals surface area contributed by atoms with Gasteiger partial charge in [-0.2, -0.15) is 0 Å². The molecule has 0 aliphatic rings. The minimum absolute atomic E-state index is 0.0856. The van der Waals surface area contributed by atoms with Crippen molar-refractivity contribution in [2.24, 2.45) is 11.7 Å². The Hall–Kier alpha value is -0.930. The van der Waals surface area contributed by atoms with Gasteiger partial charge in [0.2, 0.25) is 0 Å². The predicted molar refractivity (Wildman–Crippen MR) is 81.9 cm³/mol. The molecule has 3 heteroatoms. The van der Waals surface area contributed by atoms with E-state index in [4.69, 9.17) is 5.73 Å². The van der Waals surface area contributed by atoms with Crippen molar-refractivity contribution in [2.75, 3.05) is 13.1 Å². The van der Waals surface area contributed by atoms with Crippen molar-refractivity contribution in [3.63, 3.8) is 0 Å². The molecule has 0 saturated carbocycles. The highest BCUT2D eigenvalue weighted by atomic mass is 15.2. The highest BCUT2D eigenvalue weighted by molar-refractivity contribution is 5.10. The van der Waals surface area contributed by atoms with E-state index in [1.807, 2.05) is 12.4 Å². The molecular weight excluding hydrogens is 234 g/mol. The summed E-state index contributed by atoms with van der Waals surface area (Å²) < 4.78 is 0. The molecule has 0 saturated heterocycles. The van der Waals surface area contributed by atoms with Gasteiger partial charge < -0.3 is 5.73 Å². The molecule has 0 aromatic carbocycles. The van der Waals surface area contributed by atoms with E-state index in [-0.39, 0.29) is 5.54 Å². The van der Waals surface area contributed by atoms with Crippen LogP contribution in [0.3, 0.4) is 0 Å². The fourth-order valence-electron chi connectivity index (χ4n) is 2.38. The molecular formula is C16H29N3. The van der Waals surface area contributed by atoms with Crippen molar-refractivity contribution in [1.29, 1.82) is 0 Å². The molecule has 0 aliphatic heterocycles. The molecule has 0 spiro atoms. The summed E-state index contributed by atoms with van der Waals surface area (Å²) >= 11 is 0. The maximum atomic E-state index is 6.07. The molecule has 1 atom stereocenters. The molecule has 0 fully saturated rings. The summed E-state index contributed by atoms with van der Waals surface area (Å²) in [5.41, 5.74) is 7.46. The fraction of sp³-hybridized carbons (Fsp3) is 0.688. The Morgan fingerprint density at radius 1 is 1.32 bits per heavy atom. The van der Waals surface area contributed by atoms with Crippen molar-refractivity contribution >= 4 is 0 Å². The van der Waals surface area contributed by atoms with Gasteiger partial charge in [-0.05, 0) is 49.9 Å². The normalized spacial score (nSPS) is 14.9. The summed E-state index contributed by atoms with van der Waals surface area (Å²) in [6.45, 7) is 11.7. The molecule has 1 unspecified atom stereocenters. The third kappa shape index (κ3) is 4.92. The van der Waals surface area contributed by atoms with Gasteiger partial charge in [-0.15, -0.1) is 0 Å². The van der Waals surface area contributed by atoms with Gasteiger partial charge in [0.1, 0.15) is 0 Å². The first kappa shape index (κ1) is 16.1. The van der Waals surface area contributed by atoms with Crippen LogP contribution < -0.4 is 5.73 Å². The maximum absolute atomic E-state index is 6.07. The van der Waals surface area contributed by atoms with Gasteiger partial charge in [-0.1, -0.05) is 20.8 Å². The molecule has 0 aliphatic carbocycles. The molecule has 1 aromatic rings. The van der Waals surface area contributed by atoms with Crippen LogP contribution in [0.25, 0.3) is 0 Å². The van der Waals surface area contributed by atoms with Crippen molar-refractivity contribution < 1.29 is 0 Å². The van der Waals surface area contributed by atoms with E-state index in [0.29, 0.717) is 6.54 Å². The van der Waals surface area contributed by atoms with Crippen molar-refractivity contribution in [1.82, 2.24) is 9.88 Å². The second-order valence-corrected chi connectivity index (χ2v) is 6.00. The highest BCUT2D eigenvalue weighted by Gasteiger charge is 2.29. The van der Waals surface area contributed by atoms with Gasteiger partial charge in [0.15, 0.2) is 0 Å². The predicted octanol–water partition coefficient (Wildman–Crippen LogP) is 3.06. The van der Waals surface area contributed by atoms with Crippen LogP contribution in [0.4, 0.5) is 0 Å². The topological polar surface area (TPSA) is 42.2 Å². The number of pyridine rings is 1. The SMILES string of the molecule is CCN(Cc1ccncc1)C(C)(CN)CCC(C)C. The van der Waals surface area contributed by atoms with E-state index in [1.54, 1.807) is 0 Å². The molecule has 1 rings (SSSR count). The Morgan fingerprint density at radius 2 is 1.95 bits per heavy atom. The van der Waals surface area contributed by atoms with Crippen LogP contribution in [0.1, 0.15) is 46.1 Å². The monoisotopic (exact) mass is 263 g/mol. The molecule has 0 amide bonds. The summed E-state index contributed by atoms with van der Waals surface area (Å²) in [6.07, 6.45) is 6.09. The van der Waals surface area contributed by atoms with Crippen LogP contribution >= 0.6 is 0 Å². The number of hydrogen-bond donors (Lipinski definition) is 1. The van der Waals surface area contributed by atoms with E-state index in [2.05, 4.69) is 49.7 Å². The Labute approximate surface area is 118 Å². The number of hydrogen-bond acceptors (Lipinski definition) is 3. The lowest BCUT2D eigenvalue weighted by Gasteiger charge is -2.41. The van der Waals surface area contributed by atoms with Crippen LogP contribution in [0, 0.1) is 5.92 Å². The minimum atomic E-state index is 0.0856. The first-order valence-electron chi connectivity index (χ1n) is 7.36. The Bertz CT molecular complexity index is 350. The van der Waals surface area contributed by atoms with E-state index >= 15 is 0 Å². The van der Waals surface area contributed by atoms with Gasteiger partial charge in [0, 0.05) is 31.0 Å². The zero-order chi connectivity index (χ0) is 14.3. The molecule has 3 nitrogen and oxygen atoms in total. The van der Waals surface area contributed by atoms with Crippen LogP contribution in [-0.2, 0) is 6.54 Å². The minimum Gasteiger partial charge on any atom is -0.329 e. The van der Waals surface area contributed by atoms with Gasteiger partial charge in [-0.25, -0.2) is 0 Å². The molecule has 19 heavy (non-hydrogen) atoms. The van der Waals surface area contributed by atoms with Crippen molar-refractivity contribution in [3.8, 4) is 0 Å². The number of nitrogens with zero attached hydrogens (tertiary/aromatic N) is 2. The number of rotatable bonds is 8. The molecule has 108 valence electrons. The smallest absolute Gasteiger partial charge is 0.0307 e. The zero-order valence-electron chi connectivity index (χ0n) is 12.9. The standard InChI is InChI=1S/C16H29N3/c1-5-19(12-15-7-10-18-11-8-15)16(4,13-17)9-6-14(2)3/h7-8,10-11,14H,5-6,9,12-13,17H2,1-4H3. The first-order valence-corrected chi connectivity index (χ1v) is 7.36. The largest absolute Gasteiger partial charge is 0.329 e. The summed E-state index contributed by atoms with van der Waals surface area (Å²) in [7, 11) is 0. The second-order valence-electron chi connectivity index (χ2n) is 6.00. The van der Waals surface area contributed by atoms with E-state index < -0.39 is 0 Å². The third-order valence-corrected chi connectivity index (χ3v) is 3.97. The van der Waals surface area contributed by atoms with Gasteiger partial charge >= 0.3 is 0 Å². The van der Waals surface area contributed by atoms with Crippen molar-refractivity contribution in [2.45, 2.75) is 52.6 Å². The average molecular weight is 263 g/mol. The van der Waals surface area contributed by atoms with Crippen LogP contribution in [-0.4, -0.2) is 28.5 Å². The lowest BCUT2D eigenvalue weighted by molar-refractivity contribution is 0.0935. The van der Waals surface area contributed by atoms with Gasteiger partial charge in [0.25, 0.3) is 0 Å². The van der Waals surface area contributed by atoms with Gasteiger partial charge in [-0.3, -0.25) is 9.88 Å². The summed E-state index contributed by atoms with van der Waals surface area (Å²) in [5.74, 6) is 0.727. The maximum Gasteiger partial charge on any atom is 0.0307 e. The Morgan fingerprint density at radius 3 is 2.42 bits per heavy atom. The highest BCUT2D eigenvalue weighted by Crippen LogP contribution is 2.24. The van der Waals surface area contributed by atoms with Crippen LogP contribution in [0.2, 0.25) is 0 Å². The summed E-state index contributed by atoms with van der Waals surface area (Å²) in [6, 6.07) is 4.17. The summed E-state index contributed by atoms with van der Waals surface area (Å²) in [4.78, 5) is 6.57.